The molecule has 1 unspecified atom stereocenters. The summed E-state index contributed by atoms with van der Waals surface area (Å²) in [4.78, 5) is 0. The molecule has 2 aromatic carbocycles. The molecule has 0 radical (unpaired) electrons. The van der Waals surface area contributed by atoms with Crippen molar-refractivity contribution in [3.8, 4) is 11.5 Å². The molecule has 0 aromatic heterocycles. The van der Waals surface area contributed by atoms with Crippen LogP contribution in [0.4, 0.5) is 0 Å². The predicted octanol–water partition coefficient (Wildman–Crippen LogP) is 4.85. The lowest BCUT2D eigenvalue weighted by atomic mass is 10.00. The molecule has 21 heavy (non-hydrogen) atoms. The van der Waals surface area contributed by atoms with Crippen LogP contribution in [-0.2, 0) is 0 Å². The fraction of sp³-hybridized carbons (Fsp3) is 0.200. The number of methoxy groups -OCH3 is 2. The molecule has 1 N–H and O–H groups in total. The van der Waals surface area contributed by atoms with Crippen LogP contribution in [0.1, 0.15) is 17.2 Å². The van der Waals surface area contributed by atoms with E-state index >= 15 is 0 Å². The van der Waals surface area contributed by atoms with Crippen LogP contribution in [0.2, 0.25) is 10.0 Å². The number of halogens is 3. The van der Waals surface area contributed by atoms with Gasteiger partial charge in [-0.2, -0.15) is 0 Å². The molecule has 0 saturated heterocycles. The van der Waals surface area contributed by atoms with Crippen molar-refractivity contribution >= 4 is 39.1 Å². The maximum absolute atomic E-state index is 10.6. The number of aliphatic hydroxyl groups excluding tert-OH is 1. The van der Waals surface area contributed by atoms with Crippen LogP contribution in [-0.4, -0.2) is 19.3 Å². The van der Waals surface area contributed by atoms with Gasteiger partial charge in [0, 0.05) is 21.2 Å². The lowest BCUT2D eigenvalue weighted by Crippen LogP contribution is -2.05. The number of hydrogen-bond acceptors (Lipinski definition) is 3. The molecular formula is C15H13BrCl2O3. The lowest BCUT2D eigenvalue weighted by Gasteiger charge is -2.19. The first-order chi connectivity index (χ1) is 10.0. The standard InChI is InChI=1S/C15H13BrCl2O3/c1-20-11-7-6-8(15(21-2)13(11)16)14(19)12-9(17)4-3-5-10(12)18/h3-7,14,19H,1-2H3. The van der Waals surface area contributed by atoms with E-state index in [-0.39, 0.29) is 0 Å². The lowest BCUT2D eigenvalue weighted by molar-refractivity contribution is 0.214. The summed E-state index contributed by atoms with van der Waals surface area (Å²) in [6, 6.07) is 8.53. The quantitative estimate of drug-likeness (QED) is 0.809. The van der Waals surface area contributed by atoms with E-state index in [1.165, 1.54) is 7.11 Å². The van der Waals surface area contributed by atoms with Crippen molar-refractivity contribution in [1.82, 2.24) is 0 Å². The third-order valence-corrected chi connectivity index (χ3v) is 4.49. The molecule has 0 aliphatic carbocycles. The fourth-order valence-electron chi connectivity index (χ4n) is 2.06. The third kappa shape index (κ3) is 3.14. The molecule has 6 heteroatoms. The topological polar surface area (TPSA) is 38.7 Å². The Labute approximate surface area is 141 Å². The highest BCUT2D eigenvalue weighted by Crippen LogP contribution is 2.43. The second-order valence-corrected chi connectivity index (χ2v) is 5.85. The fourth-order valence-corrected chi connectivity index (χ4v) is 3.35. The van der Waals surface area contributed by atoms with Gasteiger partial charge in [-0.3, -0.25) is 0 Å². The summed E-state index contributed by atoms with van der Waals surface area (Å²) in [5, 5.41) is 11.4. The van der Waals surface area contributed by atoms with Crippen molar-refractivity contribution in [1.29, 1.82) is 0 Å². The molecule has 0 fully saturated rings. The Morgan fingerprint density at radius 2 is 1.67 bits per heavy atom. The highest BCUT2D eigenvalue weighted by Gasteiger charge is 2.23. The zero-order valence-corrected chi connectivity index (χ0v) is 14.5. The largest absolute Gasteiger partial charge is 0.495 e. The van der Waals surface area contributed by atoms with E-state index < -0.39 is 6.10 Å². The summed E-state index contributed by atoms with van der Waals surface area (Å²) >= 11 is 15.7. The minimum atomic E-state index is -1.01. The first-order valence-electron chi connectivity index (χ1n) is 6.03. The van der Waals surface area contributed by atoms with Gasteiger partial charge in [0.25, 0.3) is 0 Å². The SMILES string of the molecule is COc1ccc(C(O)c2c(Cl)cccc2Cl)c(OC)c1Br. The molecule has 0 heterocycles. The summed E-state index contributed by atoms with van der Waals surface area (Å²) in [5.74, 6) is 1.07. The van der Waals surface area contributed by atoms with Gasteiger partial charge >= 0.3 is 0 Å². The molecule has 0 bridgehead atoms. The number of benzene rings is 2. The number of aliphatic hydroxyl groups is 1. The summed E-state index contributed by atoms with van der Waals surface area (Å²) in [7, 11) is 3.07. The first kappa shape index (κ1) is 16.4. The summed E-state index contributed by atoms with van der Waals surface area (Å²) < 4.78 is 11.2. The van der Waals surface area contributed by atoms with E-state index in [9.17, 15) is 5.11 Å². The van der Waals surface area contributed by atoms with Crippen LogP contribution in [0.3, 0.4) is 0 Å². The molecule has 0 spiro atoms. The van der Waals surface area contributed by atoms with Crippen molar-refractivity contribution in [3.05, 3.63) is 56.0 Å². The van der Waals surface area contributed by atoms with E-state index in [4.69, 9.17) is 32.7 Å². The minimum Gasteiger partial charge on any atom is -0.495 e. The average molecular weight is 392 g/mol. The van der Waals surface area contributed by atoms with Gasteiger partial charge < -0.3 is 14.6 Å². The highest BCUT2D eigenvalue weighted by molar-refractivity contribution is 9.10. The predicted molar refractivity (Wildman–Crippen MR) is 87.8 cm³/mol. The summed E-state index contributed by atoms with van der Waals surface area (Å²) in [6.45, 7) is 0. The van der Waals surface area contributed by atoms with Crippen LogP contribution in [0.15, 0.2) is 34.8 Å². The monoisotopic (exact) mass is 390 g/mol. The second kappa shape index (κ2) is 6.88. The molecule has 3 nitrogen and oxygen atoms in total. The Morgan fingerprint density at radius 3 is 2.19 bits per heavy atom. The molecule has 0 aliphatic heterocycles. The Bertz CT molecular complexity index is 641. The maximum atomic E-state index is 10.6. The third-order valence-electron chi connectivity index (χ3n) is 3.08. The molecule has 1 atom stereocenters. The number of hydrogen-bond donors (Lipinski definition) is 1. The molecule has 2 rings (SSSR count). The van der Waals surface area contributed by atoms with Crippen molar-refractivity contribution in [3.63, 3.8) is 0 Å². The molecule has 0 amide bonds. The highest BCUT2D eigenvalue weighted by atomic mass is 79.9. The Hall–Kier alpha value is -0.940. The van der Waals surface area contributed by atoms with Crippen LogP contribution >= 0.6 is 39.1 Å². The van der Waals surface area contributed by atoms with Gasteiger partial charge in [-0.05, 0) is 40.2 Å². The van der Waals surface area contributed by atoms with E-state index in [1.54, 1.807) is 37.4 Å². The van der Waals surface area contributed by atoms with Gasteiger partial charge in [0.1, 0.15) is 22.1 Å². The normalized spacial score (nSPS) is 12.1. The zero-order valence-electron chi connectivity index (χ0n) is 11.4. The summed E-state index contributed by atoms with van der Waals surface area (Å²) in [5.41, 5.74) is 0.983. The van der Waals surface area contributed by atoms with Gasteiger partial charge in [0.15, 0.2) is 0 Å². The van der Waals surface area contributed by atoms with E-state index in [1.807, 2.05) is 0 Å². The van der Waals surface area contributed by atoms with E-state index in [0.29, 0.717) is 37.1 Å². The Balaban J connectivity index is 2.59. The number of ether oxygens (including phenoxy) is 2. The Morgan fingerprint density at radius 1 is 1.05 bits per heavy atom. The van der Waals surface area contributed by atoms with E-state index in [0.717, 1.165) is 0 Å². The molecule has 2 aromatic rings. The van der Waals surface area contributed by atoms with Crippen molar-refractivity contribution < 1.29 is 14.6 Å². The van der Waals surface area contributed by atoms with Crippen LogP contribution in [0.25, 0.3) is 0 Å². The first-order valence-corrected chi connectivity index (χ1v) is 7.58. The Kier molecular flexibility index (Phi) is 5.38. The van der Waals surface area contributed by atoms with Crippen molar-refractivity contribution in [2.24, 2.45) is 0 Å². The van der Waals surface area contributed by atoms with E-state index in [2.05, 4.69) is 15.9 Å². The van der Waals surface area contributed by atoms with Crippen LogP contribution in [0.5, 0.6) is 11.5 Å². The van der Waals surface area contributed by atoms with Gasteiger partial charge in [-0.1, -0.05) is 29.3 Å². The molecular weight excluding hydrogens is 379 g/mol. The molecule has 112 valence electrons. The van der Waals surface area contributed by atoms with Gasteiger partial charge in [0.05, 0.1) is 14.2 Å². The van der Waals surface area contributed by atoms with Crippen molar-refractivity contribution in [2.45, 2.75) is 6.10 Å². The van der Waals surface area contributed by atoms with Gasteiger partial charge in [-0.25, -0.2) is 0 Å². The van der Waals surface area contributed by atoms with Gasteiger partial charge in [0.2, 0.25) is 0 Å². The average Bonchev–Trinajstić information content (AvgIpc) is 2.46. The maximum Gasteiger partial charge on any atom is 0.142 e. The van der Waals surface area contributed by atoms with Gasteiger partial charge in [-0.15, -0.1) is 0 Å². The van der Waals surface area contributed by atoms with Crippen LogP contribution < -0.4 is 9.47 Å². The van der Waals surface area contributed by atoms with Crippen LogP contribution in [0, 0.1) is 0 Å². The minimum absolute atomic E-state index is 0.393. The zero-order chi connectivity index (χ0) is 15.6. The number of rotatable bonds is 4. The smallest absolute Gasteiger partial charge is 0.142 e. The molecule has 0 aliphatic rings. The second-order valence-electron chi connectivity index (χ2n) is 4.24. The molecule has 0 saturated carbocycles. The van der Waals surface area contributed by atoms with Crippen molar-refractivity contribution in [2.75, 3.05) is 14.2 Å². The summed E-state index contributed by atoms with van der Waals surface area (Å²) in [6.07, 6.45) is -1.01.